The number of ether oxygens (including phenoxy) is 1. The van der Waals surface area contributed by atoms with Crippen LogP contribution in [0.4, 0.5) is 21.9 Å². The number of likely N-dealkylation sites (tertiary alicyclic amines) is 1. The average molecular weight is 571 g/mol. The molecule has 206 valence electrons. The van der Waals surface area contributed by atoms with Gasteiger partial charge in [0.05, 0.1) is 44.7 Å². The standard InChI is InChI=1S/C27H31ClN6O4S/c1-4-34-10-8-18(9-11-34)31-27(35)33-24-13-20-23(14-25(24)38-5-2)30-16-17(15-29)26(20)32-22-7-6-19(12-21(22)28)39(3,36)37/h6-7,12-14,16,18H,4-5,8-11H2,1-3H3,(H,30,32)(H2,31,33,35). The van der Waals surface area contributed by atoms with Crippen LogP contribution in [0.1, 0.15) is 32.3 Å². The number of hydrogen-bond acceptors (Lipinski definition) is 8. The van der Waals surface area contributed by atoms with Gasteiger partial charge < -0.3 is 25.6 Å². The highest BCUT2D eigenvalue weighted by molar-refractivity contribution is 7.90. The van der Waals surface area contributed by atoms with Crippen molar-refractivity contribution < 1.29 is 17.9 Å². The van der Waals surface area contributed by atoms with Crippen molar-refractivity contribution in [2.45, 2.75) is 37.6 Å². The zero-order valence-corrected chi connectivity index (χ0v) is 23.6. The van der Waals surface area contributed by atoms with Crippen LogP contribution < -0.4 is 20.7 Å². The summed E-state index contributed by atoms with van der Waals surface area (Å²) < 4.78 is 29.6. The van der Waals surface area contributed by atoms with E-state index in [2.05, 4.69) is 38.8 Å². The topological polar surface area (TPSA) is 136 Å². The Bertz CT molecular complexity index is 1530. The number of pyridine rings is 1. The van der Waals surface area contributed by atoms with Gasteiger partial charge in [-0.1, -0.05) is 18.5 Å². The molecular weight excluding hydrogens is 540 g/mol. The van der Waals surface area contributed by atoms with Crippen molar-refractivity contribution in [2.24, 2.45) is 0 Å². The molecule has 1 aromatic heterocycles. The number of piperidine rings is 1. The first-order valence-electron chi connectivity index (χ1n) is 12.7. The number of hydrogen-bond donors (Lipinski definition) is 3. The fourth-order valence-corrected chi connectivity index (χ4v) is 5.45. The van der Waals surface area contributed by atoms with Crippen molar-refractivity contribution in [1.82, 2.24) is 15.2 Å². The molecule has 1 saturated heterocycles. The van der Waals surface area contributed by atoms with Gasteiger partial charge in [-0.15, -0.1) is 0 Å². The molecule has 0 radical (unpaired) electrons. The summed E-state index contributed by atoms with van der Waals surface area (Å²) >= 11 is 6.40. The quantitative estimate of drug-likeness (QED) is 0.347. The minimum Gasteiger partial charge on any atom is -0.492 e. The Morgan fingerprint density at radius 1 is 1.21 bits per heavy atom. The molecule has 0 atom stereocenters. The van der Waals surface area contributed by atoms with E-state index in [9.17, 15) is 18.5 Å². The van der Waals surface area contributed by atoms with Crippen molar-refractivity contribution in [3.63, 3.8) is 0 Å². The van der Waals surface area contributed by atoms with Crippen LogP contribution >= 0.6 is 11.6 Å². The molecule has 0 bridgehead atoms. The SMILES string of the molecule is CCOc1cc2ncc(C#N)c(Nc3ccc(S(C)(=O)=O)cc3Cl)c2cc1NC(=O)NC1CCN(CC)CC1. The van der Waals surface area contributed by atoms with E-state index >= 15 is 0 Å². The third kappa shape index (κ3) is 6.71. The first-order chi connectivity index (χ1) is 18.6. The van der Waals surface area contributed by atoms with Gasteiger partial charge in [0.1, 0.15) is 11.8 Å². The number of carbonyl (C=O) groups is 1. The monoisotopic (exact) mass is 570 g/mol. The van der Waals surface area contributed by atoms with Crippen molar-refractivity contribution in [2.75, 3.05) is 43.1 Å². The number of nitrogens with one attached hydrogen (secondary N) is 3. The van der Waals surface area contributed by atoms with Crippen LogP contribution in [0.25, 0.3) is 10.9 Å². The molecule has 3 N–H and O–H groups in total. The van der Waals surface area contributed by atoms with Crippen molar-refractivity contribution in [3.8, 4) is 11.8 Å². The summed E-state index contributed by atoms with van der Waals surface area (Å²) in [5.41, 5.74) is 2.02. The Labute approximate surface area is 233 Å². The van der Waals surface area contributed by atoms with Crippen LogP contribution in [0.3, 0.4) is 0 Å². The number of rotatable bonds is 8. The Morgan fingerprint density at radius 3 is 2.56 bits per heavy atom. The van der Waals surface area contributed by atoms with Crippen molar-refractivity contribution in [3.05, 3.63) is 47.1 Å². The molecule has 12 heteroatoms. The Morgan fingerprint density at radius 2 is 1.95 bits per heavy atom. The molecule has 1 aliphatic heterocycles. The van der Waals surface area contributed by atoms with Crippen LogP contribution in [0.5, 0.6) is 5.75 Å². The van der Waals surface area contributed by atoms with E-state index in [1.54, 1.807) is 12.1 Å². The number of halogens is 1. The molecule has 0 aliphatic carbocycles. The highest BCUT2D eigenvalue weighted by Crippen LogP contribution is 2.37. The number of carbonyl (C=O) groups excluding carboxylic acids is 1. The van der Waals surface area contributed by atoms with Crippen LogP contribution in [-0.4, -0.2) is 62.9 Å². The lowest BCUT2D eigenvalue weighted by molar-refractivity contribution is 0.203. The van der Waals surface area contributed by atoms with Gasteiger partial charge in [0.25, 0.3) is 0 Å². The predicted octanol–water partition coefficient (Wildman–Crippen LogP) is 4.91. The molecule has 2 aromatic carbocycles. The minimum atomic E-state index is -3.44. The van der Waals surface area contributed by atoms with E-state index in [-0.39, 0.29) is 27.6 Å². The van der Waals surface area contributed by atoms with Gasteiger partial charge in [0.15, 0.2) is 9.84 Å². The number of amides is 2. The predicted molar refractivity (Wildman–Crippen MR) is 153 cm³/mol. The van der Waals surface area contributed by atoms with E-state index < -0.39 is 9.84 Å². The molecule has 0 unspecified atom stereocenters. The van der Waals surface area contributed by atoms with E-state index in [0.29, 0.717) is 40.3 Å². The van der Waals surface area contributed by atoms with Gasteiger partial charge in [-0.2, -0.15) is 5.26 Å². The Kier molecular flexibility index (Phi) is 8.80. The Balaban J connectivity index is 1.68. The molecule has 0 saturated carbocycles. The number of sulfone groups is 1. The van der Waals surface area contributed by atoms with Gasteiger partial charge in [-0.25, -0.2) is 13.2 Å². The maximum atomic E-state index is 12.9. The lowest BCUT2D eigenvalue weighted by Crippen LogP contribution is -2.45. The van der Waals surface area contributed by atoms with Crippen LogP contribution in [0.15, 0.2) is 41.4 Å². The number of benzene rings is 2. The largest absolute Gasteiger partial charge is 0.492 e. The lowest BCUT2D eigenvalue weighted by atomic mass is 10.1. The molecule has 1 fully saturated rings. The molecule has 0 spiro atoms. The maximum absolute atomic E-state index is 12.9. The second-order valence-electron chi connectivity index (χ2n) is 9.30. The highest BCUT2D eigenvalue weighted by atomic mass is 35.5. The second-order valence-corrected chi connectivity index (χ2v) is 11.7. The zero-order chi connectivity index (χ0) is 28.2. The van der Waals surface area contributed by atoms with E-state index in [1.165, 1.54) is 24.4 Å². The smallest absolute Gasteiger partial charge is 0.319 e. The van der Waals surface area contributed by atoms with E-state index in [4.69, 9.17) is 16.3 Å². The minimum absolute atomic E-state index is 0.0740. The van der Waals surface area contributed by atoms with Crippen molar-refractivity contribution in [1.29, 1.82) is 5.26 Å². The second kappa shape index (κ2) is 12.1. The molecule has 10 nitrogen and oxygen atoms in total. The third-order valence-electron chi connectivity index (χ3n) is 6.64. The summed E-state index contributed by atoms with van der Waals surface area (Å²) in [6, 6.07) is 9.59. The number of fused-ring (bicyclic) bond motifs is 1. The number of aromatic nitrogens is 1. The molecule has 39 heavy (non-hydrogen) atoms. The molecule has 1 aliphatic rings. The average Bonchev–Trinajstić information content (AvgIpc) is 2.90. The molecular formula is C27H31ClN6O4S. The zero-order valence-electron chi connectivity index (χ0n) is 22.0. The summed E-state index contributed by atoms with van der Waals surface area (Å²) in [7, 11) is -3.44. The Hall–Kier alpha value is -3.59. The number of anilines is 3. The van der Waals surface area contributed by atoms with Gasteiger partial charge in [0, 0.05) is 43.0 Å². The van der Waals surface area contributed by atoms with Gasteiger partial charge in [-0.05, 0) is 50.6 Å². The lowest BCUT2D eigenvalue weighted by Gasteiger charge is -2.31. The van der Waals surface area contributed by atoms with E-state index in [0.717, 1.165) is 38.7 Å². The summed E-state index contributed by atoms with van der Waals surface area (Å²) in [5.74, 6) is 0.444. The number of nitrogens with zero attached hydrogens (tertiary/aromatic N) is 3. The molecule has 3 aromatic rings. The summed E-state index contributed by atoms with van der Waals surface area (Å²) in [5, 5.41) is 19.6. The first-order valence-corrected chi connectivity index (χ1v) is 15.0. The van der Waals surface area contributed by atoms with Crippen LogP contribution in [-0.2, 0) is 9.84 Å². The third-order valence-corrected chi connectivity index (χ3v) is 8.06. The fourth-order valence-electron chi connectivity index (χ4n) is 4.51. The summed E-state index contributed by atoms with van der Waals surface area (Å²) in [4.78, 5) is 19.8. The number of urea groups is 1. The maximum Gasteiger partial charge on any atom is 0.319 e. The number of nitriles is 1. The van der Waals surface area contributed by atoms with Crippen molar-refractivity contribution >= 4 is 55.4 Å². The molecule has 4 rings (SSSR count). The molecule has 2 heterocycles. The molecule has 2 amide bonds. The van der Waals surface area contributed by atoms with Crippen LogP contribution in [0.2, 0.25) is 5.02 Å². The normalized spacial score (nSPS) is 14.5. The first kappa shape index (κ1) is 28.4. The fraction of sp³-hybridized carbons (Fsp3) is 0.370. The van der Waals surface area contributed by atoms with E-state index in [1.807, 2.05) is 6.92 Å². The van der Waals surface area contributed by atoms with Crippen LogP contribution in [0, 0.1) is 11.3 Å². The van der Waals surface area contributed by atoms with Gasteiger partial charge in [-0.3, -0.25) is 4.98 Å². The summed E-state index contributed by atoms with van der Waals surface area (Å²) in [6.07, 6.45) is 4.28. The van der Waals surface area contributed by atoms with Gasteiger partial charge >= 0.3 is 6.03 Å². The van der Waals surface area contributed by atoms with Gasteiger partial charge in [0.2, 0.25) is 0 Å². The summed E-state index contributed by atoms with van der Waals surface area (Å²) in [6.45, 7) is 7.22. The highest BCUT2D eigenvalue weighted by Gasteiger charge is 2.21.